The topological polar surface area (TPSA) is 35.2 Å². The second kappa shape index (κ2) is 5.17. The first-order valence-corrected chi connectivity index (χ1v) is 5.44. The van der Waals surface area contributed by atoms with E-state index >= 15 is 0 Å². The zero-order valence-electron chi connectivity index (χ0n) is 10.1. The van der Waals surface area contributed by atoms with Crippen LogP contribution in [0, 0.1) is 13.8 Å². The standard InChI is InChI=1S/C13H21NO/c1-9-7-12(6-5-11(3)14)8-10(2)13(9)15-4/h7-8,11H,5-6,14H2,1-4H3/t11-/m1/s1. The molecule has 0 bridgehead atoms. The van der Waals surface area contributed by atoms with Crippen LogP contribution in [0.5, 0.6) is 5.75 Å². The largest absolute Gasteiger partial charge is 0.496 e. The molecule has 84 valence electrons. The summed E-state index contributed by atoms with van der Waals surface area (Å²) < 4.78 is 5.33. The number of benzene rings is 1. The molecule has 1 aromatic rings. The highest BCUT2D eigenvalue weighted by molar-refractivity contribution is 5.43. The van der Waals surface area contributed by atoms with Gasteiger partial charge >= 0.3 is 0 Å². The molecule has 0 unspecified atom stereocenters. The SMILES string of the molecule is COc1c(C)cc(CC[C@@H](C)N)cc1C. The van der Waals surface area contributed by atoms with Gasteiger partial charge in [0, 0.05) is 6.04 Å². The summed E-state index contributed by atoms with van der Waals surface area (Å²) in [7, 11) is 1.72. The number of hydrogen-bond acceptors (Lipinski definition) is 2. The molecule has 1 rings (SSSR count). The fraction of sp³-hybridized carbons (Fsp3) is 0.538. The number of hydrogen-bond donors (Lipinski definition) is 1. The molecule has 0 fully saturated rings. The van der Waals surface area contributed by atoms with E-state index in [1.54, 1.807) is 7.11 Å². The summed E-state index contributed by atoms with van der Waals surface area (Å²) in [6.07, 6.45) is 2.08. The summed E-state index contributed by atoms with van der Waals surface area (Å²) in [5, 5.41) is 0. The molecule has 0 amide bonds. The van der Waals surface area contributed by atoms with Gasteiger partial charge in [-0.05, 0) is 50.3 Å². The van der Waals surface area contributed by atoms with Crippen LogP contribution in [-0.4, -0.2) is 13.2 Å². The maximum absolute atomic E-state index is 5.75. The Morgan fingerprint density at radius 3 is 2.20 bits per heavy atom. The van der Waals surface area contributed by atoms with E-state index in [4.69, 9.17) is 10.5 Å². The minimum atomic E-state index is 0.271. The zero-order chi connectivity index (χ0) is 11.4. The molecule has 2 N–H and O–H groups in total. The van der Waals surface area contributed by atoms with Gasteiger partial charge in [-0.15, -0.1) is 0 Å². The highest BCUT2D eigenvalue weighted by atomic mass is 16.5. The zero-order valence-corrected chi connectivity index (χ0v) is 10.1. The van der Waals surface area contributed by atoms with Gasteiger partial charge in [-0.25, -0.2) is 0 Å². The monoisotopic (exact) mass is 207 g/mol. The first-order chi connectivity index (χ1) is 7.04. The van der Waals surface area contributed by atoms with Gasteiger partial charge in [-0.3, -0.25) is 0 Å². The maximum atomic E-state index is 5.75. The van der Waals surface area contributed by atoms with E-state index in [0.29, 0.717) is 0 Å². The van der Waals surface area contributed by atoms with Crippen LogP contribution in [0.3, 0.4) is 0 Å². The van der Waals surface area contributed by atoms with E-state index in [1.807, 2.05) is 6.92 Å². The number of methoxy groups -OCH3 is 1. The second-order valence-electron chi connectivity index (χ2n) is 4.28. The van der Waals surface area contributed by atoms with Crippen LogP contribution in [0.1, 0.15) is 30.0 Å². The van der Waals surface area contributed by atoms with Gasteiger partial charge in [0.1, 0.15) is 5.75 Å². The van der Waals surface area contributed by atoms with Gasteiger partial charge in [0.25, 0.3) is 0 Å². The molecule has 15 heavy (non-hydrogen) atoms. The number of nitrogens with two attached hydrogens (primary N) is 1. The molecule has 0 aliphatic heterocycles. The van der Waals surface area contributed by atoms with Crippen molar-refractivity contribution >= 4 is 0 Å². The lowest BCUT2D eigenvalue weighted by atomic mass is 10.0. The molecule has 0 saturated carbocycles. The molecule has 0 radical (unpaired) electrons. The van der Waals surface area contributed by atoms with Gasteiger partial charge < -0.3 is 10.5 Å². The van der Waals surface area contributed by atoms with Crippen molar-refractivity contribution in [2.24, 2.45) is 5.73 Å². The molecule has 0 aromatic heterocycles. The minimum Gasteiger partial charge on any atom is -0.496 e. The molecule has 1 aromatic carbocycles. The van der Waals surface area contributed by atoms with Crippen molar-refractivity contribution in [2.75, 3.05) is 7.11 Å². The Balaban J connectivity index is 2.84. The second-order valence-corrected chi connectivity index (χ2v) is 4.28. The van der Waals surface area contributed by atoms with Crippen molar-refractivity contribution in [3.05, 3.63) is 28.8 Å². The van der Waals surface area contributed by atoms with E-state index in [1.165, 1.54) is 16.7 Å². The first kappa shape index (κ1) is 12.1. The lowest BCUT2D eigenvalue weighted by Crippen LogP contribution is -2.15. The number of aryl methyl sites for hydroxylation is 3. The van der Waals surface area contributed by atoms with E-state index in [0.717, 1.165) is 18.6 Å². The molecule has 0 aliphatic rings. The van der Waals surface area contributed by atoms with Gasteiger partial charge in [-0.1, -0.05) is 12.1 Å². The smallest absolute Gasteiger partial charge is 0.124 e. The molecule has 2 nitrogen and oxygen atoms in total. The Hall–Kier alpha value is -1.02. The Kier molecular flexibility index (Phi) is 4.15. The third-order valence-corrected chi connectivity index (χ3v) is 2.61. The van der Waals surface area contributed by atoms with Crippen molar-refractivity contribution in [3.8, 4) is 5.75 Å². The predicted molar refractivity (Wildman–Crippen MR) is 64.4 cm³/mol. The molecule has 0 aliphatic carbocycles. The Morgan fingerprint density at radius 1 is 1.27 bits per heavy atom. The highest BCUT2D eigenvalue weighted by Gasteiger charge is 2.05. The van der Waals surface area contributed by atoms with E-state index in [2.05, 4.69) is 26.0 Å². The Bertz CT molecular complexity index is 308. The summed E-state index contributed by atoms with van der Waals surface area (Å²) >= 11 is 0. The third kappa shape index (κ3) is 3.24. The summed E-state index contributed by atoms with van der Waals surface area (Å²) in [4.78, 5) is 0. The fourth-order valence-corrected chi connectivity index (χ4v) is 1.90. The van der Waals surface area contributed by atoms with Gasteiger partial charge in [0.05, 0.1) is 7.11 Å². The van der Waals surface area contributed by atoms with E-state index in [-0.39, 0.29) is 6.04 Å². The third-order valence-electron chi connectivity index (χ3n) is 2.61. The van der Waals surface area contributed by atoms with Crippen molar-refractivity contribution < 1.29 is 4.74 Å². The predicted octanol–water partition coefficient (Wildman–Crippen LogP) is 2.59. The minimum absolute atomic E-state index is 0.271. The number of rotatable bonds is 4. The Labute approximate surface area is 92.4 Å². The molecular formula is C13H21NO. The summed E-state index contributed by atoms with van der Waals surface area (Å²) in [6.45, 7) is 6.21. The Morgan fingerprint density at radius 2 is 1.80 bits per heavy atom. The average Bonchev–Trinajstić information content (AvgIpc) is 2.14. The quantitative estimate of drug-likeness (QED) is 0.823. The summed E-state index contributed by atoms with van der Waals surface area (Å²) in [5.41, 5.74) is 9.51. The summed E-state index contributed by atoms with van der Waals surface area (Å²) in [5.74, 6) is 1.000. The van der Waals surface area contributed by atoms with Gasteiger partial charge in [0.15, 0.2) is 0 Å². The van der Waals surface area contributed by atoms with Gasteiger partial charge in [0.2, 0.25) is 0 Å². The molecule has 0 saturated heterocycles. The van der Waals surface area contributed by atoms with Crippen LogP contribution in [-0.2, 0) is 6.42 Å². The van der Waals surface area contributed by atoms with Crippen molar-refractivity contribution in [2.45, 2.75) is 39.7 Å². The fourth-order valence-electron chi connectivity index (χ4n) is 1.90. The van der Waals surface area contributed by atoms with Gasteiger partial charge in [-0.2, -0.15) is 0 Å². The van der Waals surface area contributed by atoms with E-state index in [9.17, 15) is 0 Å². The van der Waals surface area contributed by atoms with Crippen LogP contribution < -0.4 is 10.5 Å². The van der Waals surface area contributed by atoms with Crippen molar-refractivity contribution in [1.29, 1.82) is 0 Å². The molecule has 0 spiro atoms. The van der Waals surface area contributed by atoms with Crippen LogP contribution in [0.25, 0.3) is 0 Å². The van der Waals surface area contributed by atoms with Crippen molar-refractivity contribution in [1.82, 2.24) is 0 Å². The van der Waals surface area contributed by atoms with Crippen LogP contribution in [0.2, 0.25) is 0 Å². The number of ether oxygens (including phenoxy) is 1. The van der Waals surface area contributed by atoms with Crippen LogP contribution in [0.4, 0.5) is 0 Å². The first-order valence-electron chi connectivity index (χ1n) is 5.44. The van der Waals surface area contributed by atoms with Crippen LogP contribution in [0.15, 0.2) is 12.1 Å². The summed E-state index contributed by atoms with van der Waals surface area (Å²) in [6, 6.07) is 4.65. The average molecular weight is 207 g/mol. The maximum Gasteiger partial charge on any atom is 0.124 e. The van der Waals surface area contributed by atoms with E-state index < -0.39 is 0 Å². The normalized spacial score (nSPS) is 12.6. The molecular weight excluding hydrogens is 186 g/mol. The van der Waals surface area contributed by atoms with Crippen LogP contribution >= 0.6 is 0 Å². The molecule has 0 heterocycles. The molecule has 2 heteroatoms. The highest BCUT2D eigenvalue weighted by Crippen LogP contribution is 2.24. The lowest BCUT2D eigenvalue weighted by molar-refractivity contribution is 0.408. The molecule has 1 atom stereocenters. The van der Waals surface area contributed by atoms with Crippen molar-refractivity contribution in [3.63, 3.8) is 0 Å². The lowest BCUT2D eigenvalue weighted by Gasteiger charge is -2.12.